The molecule has 120 valence electrons. The van der Waals surface area contributed by atoms with Crippen LogP contribution in [-0.2, 0) is 6.42 Å². The van der Waals surface area contributed by atoms with Gasteiger partial charge in [0.05, 0.1) is 16.7 Å². The molecule has 0 bridgehead atoms. The maximum Gasteiger partial charge on any atom is 0.228 e. The molecule has 1 atom stereocenters. The van der Waals surface area contributed by atoms with Crippen molar-refractivity contribution in [2.75, 3.05) is 6.54 Å². The summed E-state index contributed by atoms with van der Waals surface area (Å²) in [7, 11) is 0. The van der Waals surface area contributed by atoms with Crippen molar-refractivity contribution < 1.29 is 9.52 Å². The van der Waals surface area contributed by atoms with E-state index in [2.05, 4.69) is 4.98 Å². The van der Waals surface area contributed by atoms with Gasteiger partial charge in [-0.3, -0.25) is 0 Å². The molecule has 0 saturated carbocycles. The lowest BCUT2D eigenvalue weighted by atomic mass is 10.1. The van der Waals surface area contributed by atoms with Gasteiger partial charge in [0.25, 0.3) is 0 Å². The number of rotatable bonds is 5. The fourth-order valence-corrected chi connectivity index (χ4v) is 2.89. The molecule has 0 amide bonds. The minimum atomic E-state index is -0.546. The number of aliphatic hydroxyl groups excluding tert-OH is 1. The van der Waals surface area contributed by atoms with Crippen LogP contribution < -0.4 is 5.73 Å². The van der Waals surface area contributed by atoms with Gasteiger partial charge in [-0.05, 0) is 42.7 Å². The number of aliphatic hydroxyl groups is 1. The molecule has 0 saturated heterocycles. The summed E-state index contributed by atoms with van der Waals surface area (Å²) >= 11 is 12.4. The number of hydrogen-bond acceptors (Lipinski definition) is 4. The van der Waals surface area contributed by atoms with E-state index in [-0.39, 0.29) is 6.54 Å². The minimum absolute atomic E-state index is 0.227. The fourth-order valence-electron chi connectivity index (χ4n) is 2.44. The van der Waals surface area contributed by atoms with E-state index in [4.69, 9.17) is 33.4 Å². The summed E-state index contributed by atoms with van der Waals surface area (Å²) in [5, 5.41) is 10.8. The zero-order chi connectivity index (χ0) is 16.4. The molecule has 0 fully saturated rings. The lowest BCUT2D eigenvalue weighted by Gasteiger charge is -2.07. The molecule has 1 unspecified atom stereocenters. The van der Waals surface area contributed by atoms with Crippen molar-refractivity contribution in [1.29, 1.82) is 0 Å². The highest BCUT2D eigenvalue weighted by molar-refractivity contribution is 6.33. The van der Waals surface area contributed by atoms with Gasteiger partial charge >= 0.3 is 0 Å². The first-order valence-corrected chi connectivity index (χ1v) is 8.06. The van der Waals surface area contributed by atoms with Crippen molar-refractivity contribution in [2.45, 2.75) is 18.9 Å². The van der Waals surface area contributed by atoms with Crippen LogP contribution in [-0.4, -0.2) is 22.7 Å². The molecule has 0 spiro atoms. The van der Waals surface area contributed by atoms with Crippen molar-refractivity contribution in [1.82, 2.24) is 4.98 Å². The van der Waals surface area contributed by atoms with Crippen LogP contribution in [0.4, 0.5) is 0 Å². The van der Waals surface area contributed by atoms with E-state index in [9.17, 15) is 5.11 Å². The van der Waals surface area contributed by atoms with Crippen LogP contribution >= 0.6 is 23.2 Å². The van der Waals surface area contributed by atoms with Gasteiger partial charge in [0, 0.05) is 11.6 Å². The Kier molecular flexibility index (Phi) is 4.87. The van der Waals surface area contributed by atoms with Crippen LogP contribution in [0.1, 0.15) is 12.0 Å². The molecule has 23 heavy (non-hydrogen) atoms. The first kappa shape index (κ1) is 16.3. The zero-order valence-electron chi connectivity index (χ0n) is 12.3. The standard InChI is InChI=1S/C17H16Cl2N2O2/c18-11-7-10(5-6-12(22)9-20)16-15(8-11)21-17(23-16)13-3-1-2-4-14(13)19/h1-4,7-8,12,22H,5-6,9,20H2. The quantitative estimate of drug-likeness (QED) is 0.727. The molecule has 0 aliphatic heterocycles. The van der Waals surface area contributed by atoms with Crippen LogP contribution in [0.3, 0.4) is 0 Å². The number of fused-ring (bicyclic) bond motifs is 1. The Morgan fingerprint density at radius 1 is 1.22 bits per heavy atom. The second-order valence-electron chi connectivity index (χ2n) is 5.34. The summed E-state index contributed by atoms with van der Waals surface area (Å²) in [5.41, 5.74) is 8.41. The average Bonchev–Trinajstić information content (AvgIpc) is 2.96. The van der Waals surface area contributed by atoms with E-state index in [0.29, 0.717) is 39.9 Å². The van der Waals surface area contributed by atoms with Crippen LogP contribution in [0.5, 0.6) is 0 Å². The first-order chi connectivity index (χ1) is 11.1. The third-order valence-electron chi connectivity index (χ3n) is 3.65. The van der Waals surface area contributed by atoms with Crippen molar-refractivity contribution in [3.05, 3.63) is 52.0 Å². The first-order valence-electron chi connectivity index (χ1n) is 7.30. The molecule has 0 aliphatic rings. The van der Waals surface area contributed by atoms with Gasteiger partial charge in [-0.2, -0.15) is 0 Å². The molecule has 3 aromatic rings. The molecule has 0 radical (unpaired) electrons. The Hall–Kier alpha value is -1.59. The van der Waals surface area contributed by atoms with Gasteiger partial charge in [-0.15, -0.1) is 0 Å². The molecule has 4 nitrogen and oxygen atoms in total. The molecule has 6 heteroatoms. The number of nitrogens with zero attached hydrogens (tertiary/aromatic N) is 1. The smallest absolute Gasteiger partial charge is 0.228 e. The van der Waals surface area contributed by atoms with Crippen molar-refractivity contribution in [3.8, 4) is 11.5 Å². The lowest BCUT2D eigenvalue weighted by molar-refractivity contribution is 0.173. The number of hydrogen-bond donors (Lipinski definition) is 2. The van der Waals surface area contributed by atoms with Crippen LogP contribution in [0.15, 0.2) is 40.8 Å². The molecule has 2 aromatic carbocycles. The summed E-state index contributed by atoms with van der Waals surface area (Å²) in [6.07, 6.45) is 0.593. The van der Waals surface area contributed by atoms with Gasteiger partial charge in [0.2, 0.25) is 5.89 Å². The Labute approximate surface area is 143 Å². The third kappa shape index (κ3) is 3.51. The third-order valence-corrected chi connectivity index (χ3v) is 4.20. The van der Waals surface area contributed by atoms with Crippen LogP contribution in [0.2, 0.25) is 10.0 Å². The molecular weight excluding hydrogens is 335 g/mol. The van der Waals surface area contributed by atoms with Crippen LogP contribution in [0, 0.1) is 0 Å². The number of oxazole rings is 1. The highest BCUT2D eigenvalue weighted by atomic mass is 35.5. The Morgan fingerprint density at radius 2 is 2.00 bits per heavy atom. The van der Waals surface area contributed by atoms with Crippen molar-refractivity contribution >= 4 is 34.3 Å². The second kappa shape index (κ2) is 6.89. The largest absolute Gasteiger partial charge is 0.436 e. The fraction of sp³-hybridized carbons (Fsp3) is 0.235. The number of aryl methyl sites for hydroxylation is 1. The van der Waals surface area contributed by atoms with Gasteiger partial charge in [-0.25, -0.2) is 4.98 Å². The predicted molar refractivity (Wildman–Crippen MR) is 92.8 cm³/mol. The Morgan fingerprint density at radius 3 is 2.74 bits per heavy atom. The van der Waals surface area contributed by atoms with E-state index in [1.807, 2.05) is 24.3 Å². The Balaban J connectivity index is 2.03. The normalized spacial score (nSPS) is 12.7. The maximum atomic E-state index is 9.66. The maximum absolute atomic E-state index is 9.66. The molecule has 1 aromatic heterocycles. The molecule has 3 rings (SSSR count). The van der Waals surface area contributed by atoms with Crippen LogP contribution in [0.25, 0.3) is 22.6 Å². The highest BCUT2D eigenvalue weighted by Gasteiger charge is 2.15. The van der Waals surface area contributed by atoms with Crippen molar-refractivity contribution in [3.63, 3.8) is 0 Å². The van der Waals surface area contributed by atoms with Gasteiger partial charge in [0.1, 0.15) is 5.52 Å². The van der Waals surface area contributed by atoms with Gasteiger partial charge in [0.15, 0.2) is 5.58 Å². The summed E-state index contributed by atoms with van der Waals surface area (Å²) in [5.74, 6) is 0.452. The summed E-state index contributed by atoms with van der Waals surface area (Å²) < 4.78 is 5.92. The molecule has 0 aliphatic carbocycles. The summed E-state index contributed by atoms with van der Waals surface area (Å²) in [4.78, 5) is 4.49. The van der Waals surface area contributed by atoms with Crippen molar-refractivity contribution in [2.24, 2.45) is 5.73 Å². The van der Waals surface area contributed by atoms with E-state index in [0.717, 1.165) is 11.1 Å². The molecular formula is C17H16Cl2N2O2. The second-order valence-corrected chi connectivity index (χ2v) is 6.18. The van der Waals surface area contributed by atoms with Gasteiger partial charge < -0.3 is 15.3 Å². The summed E-state index contributed by atoms with van der Waals surface area (Å²) in [6.45, 7) is 0.227. The van der Waals surface area contributed by atoms with E-state index in [1.165, 1.54) is 0 Å². The number of aromatic nitrogens is 1. The van der Waals surface area contributed by atoms with E-state index < -0.39 is 6.10 Å². The molecule has 1 heterocycles. The zero-order valence-corrected chi connectivity index (χ0v) is 13.8. The minimum Gasteiger partial charge on any atom is -0.436 e. The predicted octanol–water partition coefficient (Wildman–Crippen LogP) is 4.05. The van der Waals surface area contributed by atoms with Gasteiger partial charge in [-0.1, -0.05) is 35.3 Å². The monoisotopic (exact) mass is 350 g/mol. The van der Waals surface area contributed by atoms with E-state index in [1.54, 1.807) is 12.1 Å². The van der Waals surface area contributed by atoms with E-state index >= 15 is 0 Å². The number of benzene rings is 2. The average molecular weight is 351 g/mol. The summed E-state index contributed by atoms with van der Waals surface area (Å²) in [6, 6.07) is 11.0. The highest BCUT2D eigenvalue weighted by Crippen LogP contribution is 2.33. The molecule has 3 N–H and O–H groups in total. The number of nitrogens with two attached hydrogens (primary N) is 1. The Bertz CT molecular complexity index is 833. The lowest BCUT2D eigenvalue weighted by Crippen LogP contribution is -2.20. The number of halogens is 2. The SMILES string of the molecule is NCC(O)CCc1cc(Cl)cc2nc(-c3ccccc3Cl)oc12. The topological polar surface area (TPSA) is 72.3 Å².